The summed E-state index contributed by atoms with van der Waals surface area (Å²) < 4.78 is 32.6. The Morgan fingerprint density at radius 2 is 2.15 bits per heavy atom. The van der Waals surface area contributed by atoms with Gasteiger partial charge in [-0.1, -0.05) is 0 Å². The van der Waals surface area contributed by atoms with Crippen LogP contribution in [0.3, 0.4) is 0 Å². The van der Waals surface area contributed by atoms with Crippen molar-refractivity contribution in [1.29, 1.82) is 0 Å². The van der Waals surface area contributed by atoms with E-state index in [-0.39, 0.29) is 17.5 Å². The fraction of sp³-hybridized carbons (Fsp3) is 0.400. The maximum Gasteiger partial charge on any atom is 0.310 e. The zero-order chi connectivity index (χ0) is 18.5. The third kappa shape index (κ3) is 4.43. The van der Waals surface area contributed by atoms with Crippen LogP contribution in [0.5, 0.6) is 0 Å². The number of piperidine rings is 1. The fourth-order valence-electron chi connectivity index (χ4n) is 3.35. The second kappa shape index (κ2) is 8.36. The monoisotopic (exact) mass is 360 g/mol. The van der Waals surface area contributed by atoms with E-state index in [9.17, 15) is 13.6 Å². The number of aromatic nitrogens is 1. The molecule has 0 amide bonds. The van der Waals surface area contributed by atoms with Gasteiger partial charge in [-0.15, -0.1) is 0 Å². The van der Waals surface area contributed by atoms with E-state index in [4.69, 9.17) is 4.74 Å². The van der Waals surface area contributed by atoms with Crippen LogP contribution in [0.1, 0.15) is 25.3 Å². The lowest BCUT2D eigenvalue weighted by atomic mass is 9.97. The smallest absolute Gasteiger partial charge is 0.310 e. The molecule has 0 N–H and O–H groups in total. The number of carbonyl (C=O) groups is 1. The Hall–Kier alpha value is -2.34. The van der Waals surface area contributed by atoms with Gasteiger partial charge in [0, 0.05) is 36.6 Å². The summed E-state index contributed by atoms with van der Waals surface area (Å²) in [6.45, 7) is 4.32. The van der Waals surface area contributed by atoms with Crippen LogP contribution in [-0.2, 0) is 16.1 Å². The summed E-state index contributed by atoms with van der Waals surface area (Å²) in [6, 6.07) is 5.21. The number of hydrogen-bond donors (Lipinski definition) is 0. The Morgan fingerprint density at radius 3 is 2.96 bits per heavy atom. The van der Waals surface area contributed by atoms with Crippen molar-refractivity contribution in [1.82, 2.24) is 9.88 Å². The van der Waals surface area contributed by atoms with E-state index < -0.39 is 11.6 Å². The number of halogens is 2. The highest BCUT2D eigenvalue weighted by Gasteiger charge is 2.26. The molecule has 2 aromatic rings. The number of nitrogens with zero attached hydrogens (tertiary/aromatic N) is 2. The summed E-state index contributed by atoms with van der Waals surface area (Å²) in [7, 11) is 0. The average molecular weight is 360 g/mol. The molecular weight excluding hydrogens is 338 g/mol. The van der Waals surface area contributed by atoms with Crippen LogP contribution in [0.15, 0.2) is 36.7 Å². The molecule has 0 saturated carbocycles. The van der Waals surface area contributed by atoms with Crippen LogP contribution in [0.4, 0.5) is 8.78 Å². The Kier molecular flexibility index (Phi) is 5.93. The summed E-state index contributed by atoms with van der Waals surface area (Å²) in [5.41, 5.74) is 1.64. The molecule has 6 heteroatoms. The van der Waals surface area contributed by atoms with Crippen LogP contribution in [0, 0.1) is 17.6 Å². The first-order valence-corrected chi connectivity index (χ1v) is 8.85. The number of carbonyl (C=O) groups excluding carboxylic acids is 1. The summed E-state index contributed by atoms with van der Waals surface area (Å²) in [4.78, 5) is 18.3. The Morgan fingerprint density at radius 1 is 1.31 bits per heavy atom. The largest absolute Gasteiger partial charge is 0.466 e. The van der Waals surface area contributed by atoms with Crippen molar-refractivity contribution < 1.29 is 18.3 Å². The van der Waals surface area contributed by atoms with E-state index in [2.05, 4.69) is 9.88 Å². The maximum atomic E-state index is 14.0. The predicted molar refractivity (Wildman–Crippen MR) is 94.2 cm³/mol. The molecule has 1 aromatic heterocycles. The van der Waals surface area contributed by atoms with Crippen molar-refractivity contribution in [3.63, 3.8) is 0 Å². The quantitative estimate of drug-likeness (QED) is 0.761. The zero-order valence-electron chi connectivity index (χ0n) is 14.8. The molecule has 1 fully saturated rings. The molecule has 0 aliphatic carbocycles. The maximum absolute atomic E-state index is 14.0. The SMILES string of the molecule is CCOC(=O)C1CCCN(Cc2cncc(-c3cc(F)ccc3F)c2)C1. The molecule has 3 rings (SSSR count). The lowest BCUT2D eigenvalue weighted by Crippen LogP contribution is -2.38. The first-order valence-electron chi connectivity index (χ1n) is 8.85. The van der Waals surface area contributed by atoms with Crippen molar-refractivity contribution >= 4 is 5.97 Å². The molecule has 0 radical (unpaired) electrons. The fourth-order valence-corrected chi connectivity index (χ4v) is 3.35. The van der Waals surface area contributed by atoms with Crippen LogP contribution in [-0.4, -0.2) is 35.5 Å². The second-order valence-electron chi connectivity index (χ2n) is 6.53. The number of hydrogen-bond acceptors (Lipinski definition) is 4. The topological polar surface area (TPSA) is 42.4 Å². The zero-order valence-corrected chi connectivity index (χ0v) is 14.8. The molecule has 0 bridgehead atoms. The first kappa shape index (κ1) is 18.5. The van der Waals surface area contributed by atoms with E-state index in [0.29, 0.717) is 25.3 Å². The molecule has 1 unspecified atom stereocenters. The highest BCUT2D eigenvalue weighted by atomic mass is 19.1. The highest BCUT2D eigenvalue weighted by molar-refractivity contribution is 5.72. The van der Waals surface area contributed by atoms with Crippen LogP contribution in [0.2, 0.25) is 0 Å². The van der Waals surface area contributed by atoms with Gasteiger partial charge < -0.3 is 4.74 Å². The van der Waals surface area contributed by atoms with E-state index in [0.717, 1.165) is 37.1 Å². The van der Waals surface area contributed by atoms with Gasteiger partial charge in [-0.25, -0.2) is 8.78 Å². The molecule has 4 nitrogen and oxygen atoms in total. The highest BCUT2D eigenvalue weighted by Crippen LogP contribution is 2.25. The van der Waals surface area contributed by atoms with Gasteiger partial charge in [-0.05, 0) is 56.1 Å². The van der Waals surface area contributed by atoms with Gasteiger partial charge in [0.2, 0.25) is 0 Å². The first-order chi connectivity index (χ1) is 12.6. The lowest BCUT2D eigenvalue weighted by molar-refractivity contribution is -0.150. The van der Waals surface area contributed by atoms with Crippen molar-refractivity contribution in [3.05, 3.63) is 53.9 Å². The molecular formula is C20H22F2N2O2. The van der Waals surface area contributed by atoms with Gasteiger partial charge in [0.15, 0.2) is 0 Å². The molecule has 0 spiro atoms. The Labute approximate surface area is 151 Å². The van der Waals surface area contributed by atoms with E-state index in [1.807, 2.05) is 6.07 Å². The molecule has 2 heterocycles. The third-order valence-corrected chi connectivity index (χ3v) is 4.57. The van der Waals surface area contributed by atoms with Crippen molar-refractivity contribution in [3.8, 4) is 11.1 Å². The minimum Gasteiger partial charge on any atom is -0.466 e. The molecule has 1 atom stereocenters. The van der Waals surface area contributed by atoms with E-state index in [1.165, 1.54) is 12.3 Å². The van der Waals surface area contributed by atoms with Crippen molar-refractivity contribution in [2.75, 3.05) is 19.7 Å². The normalized spacial score (nSPS) is 17.9. The van der Waals surface area contributed by atoms with Crippen LogP contribution in [0.25, 0.3) is 11.1 Å². The summed E-state index contributed by atoms with van der Waals surface area (Å²) in [5, 5.41) is 0. The Bertz CT molecular complexity index is 782. The number of rotatable bonds is 5. The molecule has 138 valence electrons. The predicted octanol–water partition coefficient (Wildman–Crippen LogP) is 3.80. The minimum atomic E-state index is -0.486. The number of likely N-dealkylation sites (tertiary alicyclic amines) is 1. The number of pyridine rings is 1. The Balaban J connectivity index is 1.72. The van der Waals surface area contributed by atoms with Gasteiger partial charge in [-0.3, -0.25) is 14.7 Å². The number of benzene rings is 1. The third-order valence-electron chi connectivity index (χ3n) is 4.57. The van der Waals surface area contributed by atoms with Crippen molar-refractivity contribution in [2.45, 2.75) is 26.3 Å². The lowest BCUT2D eigenvalue weighted by Gasteiger charge is -2.31. The standard InChI is InChI=1S/C20H22F2N2O2/c1-2-26-20(25)15-4-3-7-24(13-15)12-14-8-16(11-23-10-14)18-9-17(21)5-6-19(18)22/h5-6,8-11,15H,2-4,7,12-13H2,1H3. The molecule has 1 aliphatic rings. The summed E-state index contributed by atoms with van der Waals surface area (Å²) in [6.07, 6.45) is 5.00. The second-order valence-corrected chi connectivity index (χ2v) is 6.53. The molecule has 1 aromatic carbocycles. The van der Waals surface area contributed by atoms with Gasteiger partial charge in [0.1, 0.15) is 11.6 Å². The van der Waals surface area contributed by atoms with Crippen molar-refractivity contribution in [2.24, 2.45) is 5.92 Å². The average Bonchev–Trinajstić information content (AvgIpc) is 2.64. The summed E-state index contributed by atoms with van der Waals surface area (Å²) in [5.74, 6) is -1.22. The van der Waals surface area contributed by atoms with Gasteiger partial charge in [-0.2, -0.15) is 0 Å². The number of esters is 1. The van der Waals surface area contributed by atoms with Gasteiger partial charge in [0.25, 0.3) is 0 Å². The van der Waals surface area contributed by atoms with E-state index >= 15 is 0 Å². The van der Waals surface area contributed by atoms with Gasteiger partial charge >= 0.3 is 5.97 Å². The summed E-state index contributed by atoms with van der Waals surface area (Å²) >= 11 is 0. The van der Waals surface area contributed by atoms with Crippen LogP contribution >= 0.6 is 0 Å². The van der Waals surface area contributed by atoms with Gasteiger partial charge in [0.05, 0.1) is 12.5 Å². The molecule has 26 heavy (non-hydrogen) atoms. The minimum absolute atomic E-state index is 0.111. The molecule has 1 aliphatic heterocycles. The van der Waals surface area contributed by atoms with Crippen LogP contribution < -0.4 is 0 Å². The number of ether oxygens (including phenoxy) is 1. The molecule has 1 saturated heterocycles. The van der Waals surface area contributed by atoms with E-state index in [1.54, 1.807) is 13.1 Å².